The molecule has 1 heterocycles. The summed E-state index contributed by atoms with van der Waals surface area (Å²) < 4.78 is 4.86. The maximum atomic E-state index is 9.30. The van der Waals surface area contributed by atoms with Gasteiger partial charge in [-0.2, -0.15) is 0 Å². The summed E-state index contributed by atoms with van der Waals surface area (Å²) >= 11 is 0. The summed E-state index contributed by atoms with van der Waals surface area (Å²) in [7, 11) is 0. The second kappa shape index (κ2) is 4.32. The molecule has 0 aromatic rings. The Bertz CT molecular complexity index is 163. The lowest BCUT2D eigenvalue weighted by molar-refractivity contribution is -0.214. The molecule has 0 bridgehead atoms. The molecule has 0 spiro atoms. The van der Waals surface area contributed by atoms with E-state index in [1.807, 2.05) is 0 Å². The van der Waals surface area contributed by atoms with Crippen LogP contribution in [0.3, 0.4) is 0 Å². The second-order valence-corrected chi connectivity index (χ2v) is 3.10. The highest BCUT2D eigenvalue weighted by Gasteiger charge is 2.40. The topological polar surface area (TPSA) is 110 Å². The average Bonchev–Trinajstić information content (AvgIpc) is 2.13. The number of hydrogen-bond acceptors (Lipinski definition) is 6. The van der Waals surface area contributed by atoms with Crippen LogP contribution in [0.25, 0.3) is 0 Å². The minimum absolute atomic E-state index is 0.167. The molecule has 0 aromatic heterocycles. The lowest BCUT2D eigenvalue weighted by atomic mass is 9.97. The molecule has 1 fully saturated rings. The summed E-state index contributed by atoms with van der Waals surface area (Å²) in [5, 5.41) is 45.2. The number of ether oxygens (including phenoxy) is 1. The first kappa shape index (κ1) is 10.8. The van der Waals surface area contributed by atoms with Crippen LogP contribution in [0, 0.1) is 0 Å². The third-order valence-corrected chi connectivity index (χ3v) is 2.11. The minimum atomic E-state index is -1.38. The highest BCUT2D eigenvalue weighted by Crippen LogP contribution is 2.17. The van der Waals surface area contributed by atoms with Gasteiger partial charge in [0.2, 0.25) is 0 Å². The molecule has 78 valence electrons. The molecular formula is C7H14O6. The quantitative estimate of drug-likeness (QED) is 0.317. The third-order valence-electron chi connectivity index (χ3n) is 2.11. The first-order valence-electron chi connectivity index (χ1n) is 4.02. The van der Waals surface area contributed by atoms with E-state index in [0.717, 1.165) is 0 Å². The fourth-order valence-electron chi connectivity index (χ4n) is 1.27. The maximum absolute atomic E-state index is 9.30. The molecule has 1 saturated heterocycles. The van der Waals surface area contributed by atoms with Gasteiger partial charge in [-0.1, -0.05) is 0 Å². The van der Waals surface area contributed by atoms with Gasteiger partial charge in [-0.25, -0.2) is 0 Å². The van der Waals surface area contributed by atoms with Gasteiger partial charge in [-0.3, -0.25) is 0 Å². The molecule has 13 heavy (non-hydrogen) atoms. The Labute approximate surface area is 75.0 Å². The van der Waals surface area contributed by atoms with E-state index < -0.39 is 37.1 Å². The van der Waals surface area contributed by atoms with Crippen LogP contribution in [0.2, 0.25) is 0 Å². The van der Waals surface area contributed by atoms with Gasteiger partial charge in [0.1, 0.15) is 30.5 Å². The zero-order valence-corrected chi connectivity index (χ0v) is 6.95. The van der Waals surface area contributed by atoms with Crippen molar-refractivity contribution in [3.05, 3.63) is 0 Å². The summed E-state index contributed by atoms with van der Waals surface area (Å²) in [6.07, 6.45) is -6.19. The van der Waals surface area contributed by atoms with Crippen molar-refractivity contribution in [2.75, 3.05) is 13.2 Å². The van der Waals surface area contributed by atoms with Crippen LogP contribution in [-0.4, -0.2) is 69.3 Å². The Kier molecular flexibility index (Phi) is 3.60. The number of aliphatic hydroxyl groups excluding tert-OH is 5. The van der Waals surface area contributed by atoms with Crippen LogP contribution in [0.1, 0.15) is 0 Å². The molecule has 1 aliphatic heterocycles. The van der Waals surface area contributed by atoms with E-state index in [1.165, 1.54) is 0 Å². The monoisotopic (exact) mass is 194 g/mol. The Balaban J connectivity index is 2.58. The molecule has 6 heteroatoms. The van der Waals surface area contributed by atoms with E-state index in [-0.39, 0.29) is 6.61 Å². The smallest absolute Gasteiger partial charge is 0.114 e. The van der Waals surface area contributed by atoms with E-state index in [0.29, 0.717) is 0 Å². The van der Waals surface area contributed by atoms with Crippen LogP contribution < -0.4 is 0 Å². The van der Waals surface area contributed by atoms with Gasteiger partial charge in [0.25, 0.3) is 0 Å². The predicted molar refractivity (Wildman–Crippen MR) is 40.9 cm³/mol. The van der Waals surface area contributed by atoms with Crippen molar-refractivity contribution >= 4 is 0 Å². The van der Waals surface area contributed by atoms with Crippen molar-refractivity contribution < 1.29 is 30.3 Å². The van der Waals surface area contributed by atoms with Gasteiger partial charge in [-0.05, 0) is 0 Å². The molecule has 1 rings (SSSR count). The van der Waals surface area contributed by atoms with Crippen molar-refractivity contribution in [1.29, 1.82) is 0 Å². The summed E-state index contributed by atoms with van der Waals surface area (Å²) in [5.74, 6) is 0. The highest BCUT2D eigenvalue weighted by atomic mass is 16.5. The van der Waals surface area contributed by atoms with Crippen molar-refractivity contribution in [3.63, 3.8) is 0 Å². The molecule has 5 atom stereocenters. The first-order valence-corrected chi connectivity index (χ1v) is 4.02. The number of aliphatic hydroxyl groups is 5. The molecular weight excluding hydrogens is 180 g/mol. The van der Waals surface area contributed by atoms with E-state index in [4.69, 9.17) is 20.1 Å². The Morgan fingerprint density at radius 2 is 1.85 bits per heavy atom. The van der Waals surface area contributed by atoms with Gasteiger partial charge in [0, 0.05) is 0 Å². The van der Waals surface area contributed by atoms with Crippen molar-refractivity contribution in [2.24, 2.45) is 0 Å². The van der Waals surface area contributed by atoms with Crippen LogP contribution >= 0.6 is 0 Å². The van der Waals surface area contributed by atoms with E-state index in [9.17, 15) is 10.2 Å². The van der Waals surface area contributed by atoms with Crippen LogP contribution in [0.5, 0.6) is 0 Å². The zero-order valence-electron chi connectivity index (χ0n) is 6.95. The van der Waals surface area contributed by atoms with Gasteiger partial charge < -0.3 is 30.3 Å². The molecule has 6 nitrogen and oxygen atoms in total. The molecule has 0 saturated carbocycles. The van der Waals surface area contributed by atoms with Crippen LogP contribution in [-0.2, 0) is 4.74 Å². The van der Waals surface area contributed by atoms with E-state index >= 15 is 0 Å². The van der Waals surface area contributed by atoms with Gasteiger partial charge in [0.05, 0.1) is 13.2 Å². The standard InChI is InChI=1S/C7H14O6/c8-1-3(9)7-6(12)5(11)4(10)2-13-7/h3-12H,1-2H2/t3-,4+,5-,6+,7-/m1/s1. The molecule has 0 aromatic carbocycles. The molecule has 0 unspecified atom stereocenters. The fourth-order valence-corrected chi connectivity index (χ4v) is 1.27. The second-order valence-electron chi connectivity index (χ2n) is 3.10. The lowest BCUT2D eigenvalue weighted by Gasteiger charge is -2.36. The van der Waals surface area contributed by atoms with Crippen LogP contribution in [0.15, 0.2) is 0 Å². The summed E-state index contributed by atoms with van der Waals surface area (Å²) in [6, 6.07) is 0. The first-order chi connectivity index (χ1) is 6.07. The van der Waals surface area contributed by atoms with E-state index in [2.05, 4.69) is 0 Å². The third kappa shape index (κ3) is 2.16. The molecule has 0 radical (unpaired) electrons. The Morgan fingerprint density at radius 1 is 1.23 bits per heavy atom. The summed E-state index contributed by atoms with van der Waals surface area (Å²) in [5.41, 5.74) is 0. The normalized spacial score (nSPS) is 43.2. The van der Waals surface area contributed by atoms with Crippen molar-refractivity contribution in [2.45, 2.75) is 30.5 Å². The SMILES string of the molecule is OC[C@@H](O)[C@H]1OC[C@H](O)[C@@H](O)[C@@H]1O. The van der Waals surface area contributed by atoms with Crippen molar-refractivity contribution in [1.82, 2.24) is 0 Å². The Hall–Kier alpha value is -0.240. The van der Waals surface area contributed by atoms with Crippen LogP contribution in [0.4, 0.5) is 0 Å². The number of rotatable bonds is 2. The molecule has 5 N–H and O–H groups in total. The molecule has 0 aliphatic carbocycles. The van der Waals surface area contributed by atoms with Gasteiger partial charge in [0.15, 0.2) is 0 Å². The fraction of sp³-hybridized carbons (Fsp3) is 1.00. The summed E-state index contributed by atoms with van der Waals surface area (Å²) in [6.45, 7) is -0.732. The predicted octanol–water partition coefficient (Wildman–Crippen LogP) is -3.18. The van der Waals surface area contributed by atoms with E-state index in [1.54, 1.807) is 0 Å². The molecule has 0 amide bonds. The lowest BCUT2D eigenvalue weighted by Crippen LogP contribution is -2.57. The van der Waals surface area contributed by atoms with Crippen molar-refractivity contribution in [3.8, 4) is 0 Å². The largest absolute Gasteiger partial charge is 0.394 e. The Morgan fingerprint density at radius 3 is 2.38 bits per heavy atom. The summed E-state index contributed by atoms with van der Waals surface area (Å²) in [4.78, 5) is 0. The maximum Gasteiger partial charge on any atom is 0.114 e. The van der Waals surface area contributed by atoms with Gasteiger partial charge >= 0.3 is 0 Å². The van der Waals surface area contributed by atoms with Gasteiger partial charge in [-0.15, -0.1) is 0 Å². The molecule has 1 aliphatic rings. The highest BCUT2D eigenvalue weighted by molar-refractivity contribution is 4.89. The number of hydrogen-bond donors (Lipinski definition) is 5. The minimum Gasteiger partial charge on any atom is -0.394 e. The zero-order chi connectivity index (χ0) is 10.0. The average molecular weight is 194 g/mol.